The molecule has 0 aliphatic heterocycles. The molecule has 0 rings (SSSR count). The van der Waals surface area contributed by atoms with Crippen molar-refractivity contribution in [3.8, 4) is 0 Å². The Morgan fingerprint density at radius 2 is 0.633 bits per heavy atom. The monoisotopic (exact) mass is 458 g/mol. The third-order valence-corrected chi connectivity index (χ3v) is 6.41. The van der Waals surface area contributed by atoms with Gasteiger partial charge in [-0.3, -0.25) is 9.11 Å². The summed E-state index contributed by atoms with van der Waals surface area (Å²) in [5.41, 5.74) is 0. The minimum Gasteiger partial charge on any atom is -0.264 e. The Morgan fingerprint density at radius 1 is 0.467 bits per heavy atom. The van der Waals surface area contributed by atoms with Crippen LogP contribution in [0.25, 0.3) is 0 Å². The molecule has 0 saturated carbocycles. The van der Waals surface area contributed by atoms with Gasteiger partial charge in [-0.1, -0.05) is 77.6 Å². The summed E-state index contributed by atoms with van der Waals surface area (Å²) >= 11 is 1.41. The number of rotatable bonds is 22. The zero-order chi connectivity index (χ0) is 22.8. The van der Waals surface area contributed by atoms with E-state index >= 15 is 0 Å². The molecule has 178 valence electrons. The molecule has 0 aliphatic carbocycles. The summed E-state index contributed by atoms with van der Waals surface area (Å²) in [6.45, 7) is 2.30. The van der Waals surface area contributed by atoms with Crippen molar-refractivity contribution in [1.29, 1.82) is 0 Å². The predicted molar refractivity (Wildman–Crippen MR) is 132 cm³/mol. The van der Waals surface area contributed by atoms with Crippen molar-refractivity contribution in [3.05, 3.63) is 0 Å². The fraction of sp³-hybridized carbons (Fsp3) is 1.00. The second-order valence-electron chi connectivity index (χ2n) is 8.87. The average molecular weight is 459 g/mol. The van der Waals surface area contributed by atoms with Crippen LogP contribution in [0, 0.1) is 0 Å². The Hall–Kier alpha value is 0.870. The van der Waals surface area contributed by atoms with Gasteiger partial charge in [-0.2, -0.15) is 8.42 Å². The van der Waals surface area contributed by atoms with E-state index in [-0.39, 0.29) is 0 Å². The molecule has 0 bridgehead atoms. The van der Waals surface area contributed by atoms with Gasteiger partial charge >= 0.3 is 113 Å². The van der Waals surface area contributed by atoms with E-state index in [9.17, 15) is 0 Å². The summed E-state index contributed by atoms with van der Waals surface area (Å²) in [6, 6.07) is 0. The first-order valence-corrected chi connectivity index (χ1v) is 15.9. The summed E-state index contributed by atoms with van der Waals surface area (Å²) < 4.78 is 33.1. The Bertz CT molecular complexity index is 372. The minimum absolute atomic E-state index is 1.38. The van der Waals surface area contributed by atoms with E-state index in [1.54, 1.807) is 0 Å². The van der Waals surface area contributed by atoms with Gasteiger partial charge in [0.1, 0.15) is 0 Å². The van der Waals surface area contributed by atoms with E-state index in [4.69, 9.17) is 17.5 Å². The summed E-state index contributed by atoms with van der Waals surface area (Å²) in [5, 5.41) is 0. The molecule has 0 fully saturated rings. The molecule has 0 aromatic rings. The van der Waals surface area contributed by atoms with E-state index in [0.29, 0.717) is 0 Å². The van der Waals surface area contributed by atoms with Crippen molar-refractivity contribution in [1.82, 2.24) is 0 Å². The zero-order valence-corrected chi connectivity index (χ0v) is 23.2. The van der Waals surface area contributed by atoms with Crippen LogP contribution >= 0.6 is 0 Å². The maximum absolute atomic E-state index is 8.74. The van der Waals surface area contributed by atoms with Gasteiger partial charge in [0.15, 0.2) is 0 Å². The van der Waals surface area contributed by atoms with Crippen LogP contribution in [0.5, 0.6) is 0 Å². The largest absolute Gasteiger partial charge is 0.394 e. The first kappa shape index (κ1) is 33.0. The zero-order valence-electron chi connectivity index (χ0n) is 20.4. The Morgan fingerprint density at radius 3 is 0.800 bits per heavy atom. The van der Waals surface area contributed by atoms with Crippen LogP contribution < -0.4 is 0 Å². The molecule has 6 heteroatoms. The Balaban J connectivity index is 0. The van der Waals surface area contributed by atoms with Crippen LogP contribution in [0.4, 0.5) is 0 Å². The smallest absolute Gasteiger partial charge is 0.264 e. The molecule has 0 aromatic carbocycles. The molecule has 0 saturated heterocycles. The minimum atomic E-state index is -4.67. The molecular formula is C24H51NaO4S. The van der Waals surface area contributed by atoms with Crippen molar-refractivity contribution < 1.29 is 17.5 Å². The number of unbranched alkanes of at least 4 members (excludes halogenated alkanes) is 21. The first-order valence-electron chi connectivity index (χ1n) is 13.1. The van der Waals surface area contributed by atoms with Crippen LogP contribution in [0.2, 0.25) is 3.67 Å². The van der Waals surface area contributed by atoms with E-state index in [1.807, 2.05) is 0 Å². The van der Waals surface area contributed by atoms with Gasteiger partial charge in [0.05, 0.1) is 0 Å². The van der Waals surface area contributed by atoms with E-state index in [0.717, 1.165) is 0 Å². The Kier molecular flexibility index (Phi) is 30.7. The standard InChI is InChI=1S/C24H49.Na.H2O4S/c1-3-5-7-9-11-13-15-17-19-21-23-24-22-20-18-16-14-12-10-8-6-4-2;;1-5(2,3)4/h1,3-24H2,2H3;;(H2,1,2,3,4). The molecule has 0 atom stereocenters. The van der Waals surface area contributed by atoms with Gasteiger partial charge in [-0.25, -0.2) is 0 Å². The van der Waals surface area contributed by atoms with Gasteiger partial charge in [0.25, 0.3) is 0 Å². The molecule has 0 unspecified atom stereocenters. The van der Waals surface area contributed by atoms with Crippen LogP contribution in [0.1, 0.15) is 148 Å². The van der Waals surface area contributed by atoms with Gasteiger partial charge < -0.3 is 0 Å². The molecule has 0 heterocycles. The van der Waals surface area contributed by atoms with E-state index < -0.39 is 10.4 Å². The molecule has 0 aliphatic rings. The molecule has 30 heavy (non-hydrogen) atoms. The maximum atomic E-state index is 8.74. The van der Waals surface area contributed by atoms with Gasteiger partial charge in [-0.15, -0.1) is 0 Å². The molecule has 0 radical (unpaired) electrons. The fourth-order valence-electron chi connectivity index (χ4n) is 3.86. The third-order valence-electron chi connectivity index (χ3n) is 5.71. The van der Waals surface area contributed by atoms with Crippen molar-refractivity contribution in [2.45, 2.75) is 152 Å². The van der Waals surface area contributed by atoms with Gasteiger partial charge in [0.2, 0.25) is 0 Å². The van der Waals surface area contributed by atoms with Crippen molar-refractivity contribution >= 4 is 38.3 Å². The summed E-state index contributed by atoms with van der Waals surface area (Å²) in [7, 11) is -4.67. The summed E-state index contributed by atoms with van der Waals surface area (Å²) in [5.74, 6) is 0. The predicted octanol–water partition coefficient (Wildman–Crippen LogP) is 8.52. The topological polar surface area (TPSA) is 74.6 Å². The normalized spacial score (nSPS) is 11.4. The maximum Gasteiger partial charge on any atom is 0.394 e. The molecule has 2 N–H and O–H groups in total. The number of hydrogen-bond acceptors (Lipinski definition) is 2. The van der Waals surface area contributed by atoms with E-state index in [1.165, 1.54) is 173 Å². The molecule has 0 aromatic heterocycles. The second kappa shape index (κ2) is 27.9. The summed E-state index contributed by atoms with van der Waals surface area (Å²) in [6.07, 6.45) is 32.7. The van der Waals surface area contributed by atoms with Crippen molar-refractivity contribution in [2.75, 3.05) is 0 Å². The third kappa shape index (κ3) is 42.9. The van der Waals surface area contributed by atoms with Crippen LogP contribution in [-0.4, -0.2) is 45.5 Å². The molecule has 0 amide bonds. The summed E-state index contributed by atoms with van der Waals surface area (Å²) in [4.78, 5) is 0. The van der Waals surface area contributed by atoms with Crippen molar-refractivity contribution in [3.63, 3.8) is 0 Å². The number of hydrogen-bond donors (Lipinski definition) is 2. The molecule has 4 nitrogen and oxygen atoms in total. The van der Waals surface area contributed by atoms with Crippen LogP contribution in [0.3, 0.4) is 0 Å². The average Bonchev–Trinajstić information content (AvgIpc) is 2.68. The SMILES string of the molecule is CCCCCCCCCCCCCCCCCCCCCCC[CH2][Na].O=S(=O)(O)O. The van der Waals surface area contributed by atoms with Gasteiger partial charge in [0, 0.05) is 0 Å². The van der Waals surface area contributed by atoms with Crippen LogP contribution in [-0.2, 0) is 10.4 Å². The van der Waals surface area contributed by atoms with Crippen molar-refractivity contribution in [2.24, 2.45) is 0 Å². The second-order valence-corrected chi connectivity index (χ2v) is 10.8. The van der Waals surface area contributed by atoms with E-state index in [2.05, 4.69) is 6.92 Å². The van der Waals surface area contributed by atoms with Gasteiger partial charge in [-0.05, 0) is 0 Å². The first-order chi connectivity index (χ1) is 14.4. The molecular weight excluding hydrogens is 407 g/mol. The Labute approximate surface area is 206 Å². The quantitative estimate of drug-likeness (QED) is 0.0968. The van der Waals surface area contributed by atoms with Crippen LogP contribution in [0.15, 0.2) is 0 Å². The fourth-order valence-corrected chi connectivity index (χ4v) is 4.36. The molecule has 0 spiro atoms.